The summed E-state index contributed by atoms with van der Waals surface area (Å²) in [7, 11) is 0. The first-order chi connectivity index (χ1) is 12.5. The van der Waals surface area contributed by atoms with Gasteiger partial charge in [0.05, 0.1) is 0 Å². The molecule has 2 aromatic rings. The minimum Gasteiger partial charge on any atom is -0.353 e. The molecular weight excluding hydrogens is 371 g/mol. The second-order valence-corrected chi connectivity index (χ2v) is 7.53. The summed E-state index contributed by atoms with van der Waals surface area (Å²) in [4.78, 5) is 24.2. The van der Waals surface area contributed by atoms with Gasteiger partial charge < -0.3 is 9.80 Å². The van der Waals surface area contributed by atoms with Gasteiger partial charge in [-0.2, -0.15) is 0 Å². The number of aryl methyl sites for hydroxylation is 2. The zero-order valence-corrected chi connectivity index (χ0v) is 16.5. The molecule has 5 nitrogen and oxygen atoms in total. The average Bonchev–Trinajstić information content (AvgIpc) is 2.64. The molecule has 26 heavy (non-hydrogen) atoms. The number of benzene rings is 1. The van der Waals surface area contributed by atoms with Crippen molar-refractivity contribution in [3.8, 4) is 0 Å². The van der Waals surface area contributed by atoms with Crippen molar-refractivity contribution in [1.29, 1.82) is 0 Å². The van der Waals surface area contributed by atoms with Crippen molar-refractivity contribution in [1.82, 2.24) is 14.9 Å². The highest BCUT2D eigenvalue weighted by Gasteiger charge is 2.27. The van der Waals surface area contributed by atoms with Gasteiger partial charge >= 0.3 is 0 Å². The maximum Gasteiger partial charge on any atom is 0.255 e. The molecular formula is C19H22Cl2N4O. The lowest BCUT2D eigenvalue weighted by atomic mass is 10.0. The second kappa shape index (κ2) is 8.23. The Kier molecular flexibility index (Phi) is 5.99. The van der Waals surface area contributed by atoms with Crippen molar-refractivity contribution in [3.63, 3.8) is 0 Å². The summed E-state index contributed by atoms with van der Waals surface area (Å²) in [6, 6.07) is 10.3. The fourth-order valence-electron chi connectivity index (χ4n) is 3.26. The van der Waals surface area contributed by atoms with Crippen LogP contribution in [0.4, 0.5) is 5.82 Å². The van der Waals surface area contributed by atoms with Gasteiger partial charge in [-0.25, -0.2) is 9.97 Å². The van der Waals surface area contributed by atoms with E-state index in [1.807, 2.05) is 32.0 Å². The predicted octanol–water partition coefficient (Wildman–Crippen LogP) is 3.14. The van der Waals surface area contributed by atoms with Gasteiger partial charge in [-0.15, -0.1) is 0 Å². The lowest BCUT2D eigenvalue weighted by Crippen LogP contribution is -2.50. The smallest absolute Gasteiger partial charge is 0.255 e. The number of piperazine rings is 1. The van der Waals surface area contributed by atoms with Gasteiger partial charge in [-0.3, -0.25) is 4.79 Å². The van der Waals surface area contributed by atoms with Crippen LogP contribution in [0.15, 0.2) is 30.3 Å². The van der Waals surface area contributed by atoms with Crippen molar-refractivity contribution in [2.75, 3.05) is 31.1 Å². The molecule has 0 atom stereocenters. The molecule has 1 aliphatic heterocycles. The number of anilines is 1. The van der Waals surface area contributed by atoms with Crippen LogP contribution in [0.3, 0.4) is 0 Å². The first-order valence-corrected chi connectivity index (χ1v) is 9.53. The van der Waals surface area contributed by atoms with Crippen LogP contribution in [-0.2, 0) is 11.2 Å². The number of carbonyl (C=O) groups is 1. The van der Waals surface area contributed by atoms with Gasteiger partial charge in [0.15, 0.2) is 4.84 Å². The van der Waals surface area contributed by atoms with E-state index in [0.29, 0.717) is 26.2 Å². The molecule has 1 fully saturated rings. The topological polar surface area (TPSA) is 49.3 Å². The summed E-state index contributed by atoms with van der Waals surface area (Å²) in [5, 5.41) is 0. The van der Waals surface area contributed by atoms with Crippen molar-refractivity contribution in [2.24, 2.45) is 0 Å². The Morgan fingerprint density at radius 1 is 1.08 bits per heavy atom. The van der Waals surface area contributed by atoms with Crippen molar-refractivity contribution in [3.05, 3.63) is 53.0 Å². The molecule has 1 aliphatic rings. The summed E-state index contributed by atoms with van der Waals surface area (Å²) in [6.45, 7) is 6.51. The Hall–Kier alpha value is -1.85. The molecule has 3 rings (SSSR count). The van der Waals surface area contributed by atoms with Gasteiger partial charge in [0, 0.05) is 43.9 Å². The maximum absolute atomic E-state index is 12.0. The molecule has 7 heteroatoms. The van der Waals surface area contributed by atoms with Gasteiger partial charge in [-0.05, 0) is 19.4 Å². The predicted molar refractivity (Wildman–Crippen MR) is 105 cm³/mol. The average molecular weight is 393 g/mol. The molecule has 138 valence electrons. The van der Waals surface area contributed by atoms with Gasteiger partial charge in [-0.1, -0.05) is 53.5 Å². The van der Waals surface area contributed by atoms with Crippen molar-refractivity contribution in [2.45, 2.75) is 25.1 Å². The number of halogens is 2. The number of alkyl halides is 2. The number of aromatic nitrogens is 2. The van der Waals surface area contributed by atoms with E-state index in [4.69, 9.17) is 28.2 Å². The molecule has 1 amide bonds. The highest BCUT2D eigenvalue weighted by molar-refractivity contribution is 6.53. The Bertz CT molecular complexity index is 775. The summed E-state index contributed by atoms with van der Waals surface area (Å²) >= 11 is 11.4. The van der Waals surface area contributed by atoms with Crippen LogP contribution in [0.1, 0.15) is 22.6 Å². The number of carbonyl (C=O) groups excluding carboxylic acids is 1. The molecule has 0 aliphatic carbocycles. The largest absolute Gasteiger partial charge is 0.353 e. The Balaban J connectivity index is 1.82. The summed E-state index contributed by atoms with van der Waals surface area (Å²) in [5.41, 5.74) is 3.36. The van der Waals surface area contributed by atoms with Gasteiger partial charge in [0.2, 0.25) is 0 Å². The lowest BCUT2D eigenvalue weighted by Gasteiger charge is -2.36. The van der Waals surface area contributed by atoms with Crippen LogP contribution in [0.5, 0.6) is 0 Å². The van der Waals surface area contributed by atoms with E-state index >= 15 is 0 Å². The molecule has 0 unspecified atom stereocenters. The van der Waals surface area contributed by atoms with Crippen LogP contribution in [0.2, 0.25) is 0 Å². The third-order valence-corrected chi connectivity index (χ3v) is 4.98. The standard InChI is InChI=1S/C19H22Cl2N4O/c1-13-16(12-15-6-4-3-5-7-15)18(23-14(2)22-13)24-8-10-25(11-9-24)19(26)17(20)21/h3-7,17H,8-12H2,1-2H3. The molecule has 1 saturated heterocycles. The third-order valence-electron chi connectivity index (χ3n) is 4.61. The summed E-state index contributed by atoms with van der Waals surface area (Å²) in [6.07, 6.45) is 0.785. The Morgan fingerprint density at radius 2 is 1.73 bits per heavy atom. The van der Waals surface area contributed by atoms with E-state index < -0.39 is 4.84 Å². The van der Waals surface area contributed by atoms with Crippen LogP contribution in [0.25, 0.3) is 0 Å². The summed E-state index contributed by atoms with van der Waals surface area (Å²) in [5.74, 6) is 1.49. The molecule has 0 saturated carbocycles. The van der Waals surface area contributed by atoms with Crippen LogP contribution in [0, 0.1) is 13.8 Å². The molecule has 2 heterocycles. The molecule has 0 N–H and O–H groups in total. The van der Waals surface area contributed by atoms with Crippen LogP contribution >= 0.6 is 23.2 Å². The normalized spacial score (nSPS) is 14.8. The highest BCUT2D eigenvalue weighted by Crippen LogP contribution is 2.25. The number of amides is 1. The minimum absolute atomic E-state index is 0.229. The Morgan fingerprint density at radius 3 is 2.35 bits per heavy atom. The van der Waals surface area contributed by atoms with E-state index in [-0.39, 0.29) is 5.91 Å². The fourth-order valence-corrected chi connectivity index (χ4v) is 3.54. The number of rotatable bonds is 4. The number of hydrogen-bond acceptors (Lipinski definition) is 4. The Labute approximate surface area is 163 Å². The molecule has 0 spiro atoms. The number of nitrogens with zero attached hydrogens (tertiary/aromatic N) is 4. The monoisotopic (exact) mass is 392 g/mol. The first-order valence-electron chi connectivity index (χ1n) is 8.65. The van der Waals surface area contributed by atoms with E-state index in [1.54, 1.807) is 4.90 Å². The van der Waals surface area contributed by atoms with Gasteiger partial charge in [0.1, 0.15) is 11.6 Å². The molecule has 0 bridgehead atoms. The zero-order chi connectivity index (χ0) is 18.7. The highest BCUT2D eigenvalue weighted by atomic mass is 35.5. The van der Waals surface area contributed by atoms with E-state index in [0.717, 1.165) is 29.3 Å². The second-order valence-electron chi connectivity index (χ2n) is 6.43. The van der Waals surface area contributed by atoms with Gasteiger partial charge in [0.25, 0.3) is 5.91 Å². The molecule has 0 radical (unpaired) electrons. The zero-order valence-electron chi connectivity index (χ0n) is 15.0. The van der Waals surface area contributed by atoms with Crippen molar-refractivity contribution < 1.29 is 4.79 Å². The van der Waals surface area contributed by atoms with E-state index in [9.17, 15) is 4.79 Å². The molecule has 1 aromatic heterocycles. The third kappa shape index (κ3) is 4.27. The minimum atomic E-state index is -1.00. The lowest BCUT2D eigenvalue weighted by molar-refractivity contribution is -0.129. The fraction of sp³-hybridized carbons (Fsp3) is 0.421. The SMILES string of the molecule is Cc1nc(C)c(Cc2ccccc2)c(N2CCN(C(=O)C(Cl)Cl)CC2)n1. The summed E-state index contributed by atoms with van der Waals surface area (Å²) < 4.78 is 0. The van der Waals surface area contributed by atoms with E-state index in [1.165, 1.54) is 5.56 Å². The molecule has 1 aromatic carbocycles. The quantitative estimate of drug-likeness (QED) is 0.749. The maximum atomic E-state index is 12.0. The van der Waals surface area contributed by atoms with Crippen LogP contribution < -0.4 is 4.90 Å². The van der Waals surface area contributed by atoms with Crippen LogP contribution in [-0.4, -0.2) is 51.8 Å². The van der Waals surface area contributed by atoms with Crippen molar-refractivity contribution >= 4 is 34.9 Å². The first kappa shape index (κ1) is 18.9. The number of hydrogen-bond donors (Lipinski definition) is 0. The van der Waals surface area contributed by atoms with E-state index in [2.05, 4.69) is 22.0 Å².